The van der Waals surface area contributed by atoms with Crippen LogP contribution in [0, 0.1) is 18.8 Å². The van der Waals surface area contributed by atoms with Crippen molar-refractivity contribution in [1.82, 2.24) is 4.90 Å². The van der Waals surface area contributed by atoms with Gasteiger partial charge in [-0.25, -0.2) is 0 Å². The fraction of sp³-hybridized carbons (Fsp3) is 0.429. The molecular weight excluding hydrogens is 328 g/mol. The molecule has 0 radical (unpaired) electrons. The number of methoxy groups -OCH3 is 1. The lowest BCUT2D eigenvalue weighted by atomic mass is 9.95. The van der Waals surface area contributed by atoms with E-state index in [9.17, 15) is 9.59 Å². The van der Waals surface area contributed by atoms with E-state index >= 15 is 0 Å². The van der Waals surface area contributed by atoms with E-state index in [1.165, 1.54) is 7.11 Å². The number of rotatable bonds is 5. The number of ether oxygens (including phenoxy) is 1. The Balaban J connectivity index is 1.98. The standard InChI is InChI=1S/C21H26N2O3/c1-14(2)18(21(25)26-4)23-13-22(17-11-9-15(3)10-12-17)20(24)19(23)16-7-5-6-8-16/h5-12,14,16,18-19H,13H2,1-4H3/t18-,19+/m1/s1. The van der Waals surface area contributed by atoms with Crippen LogP contribution in [0.2, 0.25) is 0 Å². The first-order chi connectivity index (χ1) is 12.4. The van der Waals surface area contributed by atoms with E-state index in [1.54, 1.807) is 4.90 Å². The van der Waals surface area contributed by atoms with Crippen LogP contribution in [0.3, 0.4) is 0 Å². The summed E-state index contributed by atoms with van der Waals surface area (Å²) in [4.78, 5) is 29.5. The van der Waals surface area contributed by atoms with Gasteiger partial charge in [0, 0.05) is 11.6 Å². The van der Waals surface area contributed by atoms with Crippen molar-refractivity contribution in [2.24, 2.45) is 11.8 Å². The van der Waals surface area contributed by atoms with E-state index in [2.05, 4.69) is 0 Å². The summed E-state index contributed by atoms with van der Waals surface area (Å²) in [6.45, 7) is 6.36. The molecular formula is C21H26N2O3. The van der Waals surface area contributed by atoms with E-state index in [4.69, 9.17) is 4.74 Å². The molecule has 0 saturated carbocycles. The number of benzene rings is 1. The molecule has 5 nitrogen and oxygen atoms in total. The molecule has 0 spiro atoms. The Bertz CT molecular complexity index is 724. The maximum Gasteiger partial charge on any atom is 0.323 e. The predicted octanol–water partition coefficient (Wildman–Crippen LogP) is 2.91. The Kier molecular flexibility index (Phi) is 5.28. The average Bonchev–Trinajstić information content (AvgIpc) is 3.23. The Morgan fingerprint density at radius 2 is 1.77 bits per heavy atom. The highest BCUT2D eigenvalue weighted by atomic mass is 16.5. The highest BCUT2D eigenvalue weighted by Crippen LogP contribution is 2.33. The summed E-state index contributed by atoms with van der Waals surface area (Å²) in [5.41, 5.74) is 2.00. The number of hydrogen-bond acceptors (Lipinski definition) is 4. The minimum Gasteiger partial charge on any atom is -0.468 e. The normalized spacial score (nSPS) is 21.8. The molecule has 1 amide bonds. The number of carbonyl (C=O) groups excluding carboxylic acids is 2. The molecule has 3 rings (SSSR count). The van der Waals surface area contributed by atoms with Gasteiger partial charge in [-0.05, 0) is 25.0 Å². The molecule has 2 aliphatic rings. The molecule has 0 unspecified atom stereocenters. The fourth-order valence-electron chi connectivity index (χ4n) is 3.77. The van der Waals surface area contributed by atoms with Gasteiger partial charge in [0.25, 0.3) is 0 Å². The number of esters is 1. The smallest absolute Gasteiger partial charge is 0.323 e. The van der Waals surface area contributed by atoms with Crippen LogP contribution in [-0.4, -0.2) is 42.6 Å². The van der Waals surface area contributed by atoms with Gasteiger partial charge in [0.1, 0.15) is 12.1 Å². The van der Waals surface area contributed by atoms with Crippen LogP contribution in [-0.2, 0) is 14.3 Å². The van der Waals surface area contributed by atoms with Gasteiger partial charge in [-0.1, -0.05) is 55.8 Å². The maximum atomic E-state index is 13.3. The molecule has 1 fully saturated rings. The lowest BCUT2D eigenvalue weighted by Crippen LogP contribution is -2.51. The van der Waals surface area contributed by atoms with Crippen LogP contribution in [0.5, 0.6) is 0 Å². The van der Waals surface area contributed by atoms with Crippen molar-refractivity contribution in [3.8, 4) is 0 Å². The molecule has 0 bridgehead atoms. The fourth-order valence-corrected chi connectivity index (χ4v) is 3.77. The second kappa shape index (κ2) is 7.46. The van der Waals surface area contributed by atoms with Crippen molar-refractivity contribution in [3.63, 3.8) is 0 Å². The van der Waals surface area contributed by atoms with Crippen molar-refractivity contribution >= 4 is 17.6 Å². The number of anilines is 1. The Morgan fingerprint density at radius 1 is 1.15 bits per heavy atom. The topological polar surface area (TPSA) is 49.9 Å². The Hall–Kier alpha value is -2.40. The monoisotopic (exact) mass is 354 g/mol. The molecule has 1 aliphatic heterocycles. The van der Waals surface area contributed by atoms with E-state index in [0.717, 1.165) is 11.3 Å². The number of carbonyl (C=O) groups is 2. The summed E-state index contributed by atoms with van der Waals surface area (Å²) < 4.78 is 5.04. The van der Waals surface area contributed by atoms with Crippen LogP contribution < -0.4 is 4.90 Å². The van der Waals surface area contributed by atoms with Crippen molar-refractivity contribution in [1.29, 1.82) is 0 Å². The van der Waals surface area contributed by atoms with Gasteiger partial charge < -0.3 is 4.74 Å². The molecule has 1 aromatic carbocycles. The summed E-state index contributed by atoms with van der Waals surface area (Å²) in [6, 6.07) is 7.03. The molecule has 1 heterocycles. The minimum atomic E-state index is -0.466. The maximum absolute atomic E-state index is 13.3. The average molecular weight is 354 g/mol. The highest BCUT2D eigenvalue weighted by molar-refractivity contribution is 6.00. The first-order valence-electron chi connectivity index (χ1n) is 9.00. The number of amides is 1. The Labute approximate surface area is 154 Å². The van der Waals surface area contributed by atoms with E-state index < -0.39 is 12.1 Å². The summed E-state index contributed by atoms with van der Waals surface area (Å²) in [5, 5.41) is 0. The molecule has 138 valence electrons. The van der Waals surface area contributed by atoms with Gasteiger partial charge >= 0.3 is 5.97 Å². The largest absolute Gasteiger partial charge is 0.468 e. The molecule has 26 heavy (non-hydrogen) atoms. The zero-order valence-corrected chi connectivity index (χ0v) is 15.8. The van der Waals surface area contributed by atoms with Crippen LogP contribution in [0.4, 0.5) is 5.69 Å². The summed E-state index contributed by atoms with van der Waals surface area (Å²) in [6.07, 6.45) is 7.94. The zero-order chi connectivity index (χ0) is 18.8. The van der Waals surface area contributed by atoms with Gasteiger partial charge in [-0.2, -0.15) is 0 Å². The first-order valence-corrected chi connectivity index (χ1v) is 9.00. The van der Waals surface area contributed by atoms with Gasteiger partial charge in [0.2, 0.25) is 5.91 Å². The number of nitrogens with zero attached hydrogens (tertiary/aromatic N) is 2. The molecule has 5 heteroatoms. The van der Waals surface area contributed by atoms with E-state index in [0.29, 0.717) is 6.67 Å². The third-order valence-electron chi connectivity index (χ3n) is 5.10. The molecule has 0 N–H and O–H groups in total. The first kappa shape index (κ1) is 18.4. The van der Waals surface area contributed by atoms with Crippen LogP contribution in [0.25, 0.3) is 0 Å². The summed E-state index contributed by atoms with van der Waals surface area (Å²) in [5.74, 6) is -0.284. The van der Waals surface area contributed by atoms with Crippen molar-refractivity contribution in [2.45, 2.75) is 32.9 Å². The van der Waals surface area contributed by atoms with E-state index in [1.807, 2.05) is 74.2 Å². The number of allylic oxidation sites excluding steroid dienone is 2. The highest BCUT2D eigenvalue weighted by Gasteiger charge is 2.48. The number of aryl methyl sites for hydroxylation is 1. The molecule has 1 saturated heterocycles. The lowest BCUT2D eigenvalue weighted by Gasteiger charge is -2.33. The number of hydrogen-bond donors (Lipinski definition) is 0. The SMILES string of the molecule is COC(=O)[C@@H](C(C)C)N1CN(c2ccc(C)cc2)C(=O)[C@@H]1C1C=CC=C1. The summed E-state index contributed by atoms with van der Waals surface area (Å²) in [7, 11) is 1.40. The minimum absolute atomic E-state index is 0.0182. The van der Waals surface area contributed by atoms with Crippen molar-refractivity contribution in [3.05, 3.63) is 54.1 Å². The van der Waals surface area contributed by atoms with Crippen molar-refractivity contribution in [2.75, 3.05) is 18.7 Å². The van der Waals surface area contributed by atoms with E-state index in [-0.39, 0.29) is 23.7 Å². The van der Waals surface area contributed by atoms with Gasteiger partial charge in [0.15, 0.2) is 0 Å². The molecule has 0 aromatic heterocycles. The molecule has 2 atom stereocenters. The molecule has 1 aliphatic carbocycles. The second-order valence-corrected chi connectivity index (χ2v) is 7.26. The van der Waals surface area contributed by atoms with Gasteiger partial charge in [0.05, 0.1) is 13.8 Å². The van der Waals surface area contributed by atoms with Crippen LogP contribution in [0.1, 0.15) is 19.4 Å². The summed E-state index contributed by atoms with van der Waals surface area (Å²) >= 11 is 0. The van der Waals surface area contributed by atoms with Crippen LogP contribution in [0.15, 0.2) is 48.6 Å². The third-order valence-corrected chi connectivity index (χ3v) is 5.10. The lowest BCUT2D eigenvalue weighted by molar-refractivity contribution is -0.149. The quantitative estimate of drug-likeness (QED) is 0.763. The predicted molar refractivity (Wildman–Crippen MR) is 102 cm³/mol. The Morgan fingerprint density at radius 3 is 2.31 bits per heavy atom. The van der Waals surface area contributed by atoms with Gasteiger partial charge in [-0.3, -0.25) is 19.4 Å². The van der Waals surface area contributed by atoms with Crippen molar-refractivity contribution < 1.29 is 14.3 Å². The zero-order valence-electron chi connectivity index (χ0n) is 15.8. The third kappa shape index (κ3) is 3.31. The second-order valence-electron chi connectivity index (χ2n) is 7.26. The van der Waals surface area contributed by atoms with Crippen LogP contribution >= 0.6 is 0 Å². The molecule has 1 aromatic rings. The van der Waals surface area contributed by atoms with Gasteiger partial charge in [-0.15, -0.1) is 0 Å².